The second-order valence-corrected chi connectivity index (χ2v) is 14.3. The molecule has 1 heterocycles. The predicted octanol–water partition coefficient (Wildman–Crippen LogP) is 2.42. The Morgan fingerprint density at radius 3 is 1.94 bits per heavy atom. The van der Waals surface area contributed by atoms with Gasteiger partial charge in [0.2, 0.25) is 7.57 Å². The lowest BCUT2D eigenvalue weighted by atomic mass is 9.90. The summed E-state index contributed by atoms with van der Waals surface area (Å²) in [7, 11) is 3.38. The lowest BCUT2D eigenvalue weighted by molar-refractivity contribution is -0.0339. The smallest absolute Gasteiger partial charge is 0.359 e. The number of ether oxygens (including phenoxy) is 1. The van der Waals surface area contributed by atoms with Crippen molar-refractivity contribution in [2.75, 3.05) is 0 Å². The van der Waals surface area contributed by atoms with Gasteiger partial charge in [0.25, 0.3) is 0 Å². The molecular weight excluding hydrogens is 456 g/mol. The fourth-order valence-electron chi connectivity index (χ4n) is 3.63. The van der Waals surface area contributed by atoms with Crippen molar-refractivity contribution >= 4 is 30.3 Å². The van der Waals surface area contributed by atoms with Gasteiger partial charge in [-0.3, -0.25) is 4.57 Å². The highest BCUT2D eigenvalue weighted by molar-refractivity contribution is 7.84. The van der Waals surface area contributed by atoms with Crippen LogP contribution in [0.25, 0.3) is 0 Å². The first kappa shape index (κ1) is 30.3. The summed E-state index contributed by atoms with van der Waals surface area (Å²) in [4.78, 5) is 10.3. The second-order valence-electron chi connectivity index (χ2n) is 9.54. The van der Waals surface area contributed by atoms with Crippen molar-refractivity contribution in [3.05, 3.63) is 0 Å². The van der Waals surface area contributed by atoms with E-state index >= 15 is 0 Å². The maximum atomic E-state index is 13.8. The van der Waals surface area contributed by atoms with E-state index in [0.29, 0.717) is 6.42 Å². The van der Waals surface area contributed by atoms with Gasteiger partial charge in [-0.2, -0.15) is 0 Å². The molecule has 1 aliphatic heterocycles. The molecule has 1 saturated heterocycles. The summed E-state index contributed by atoms with van der Waals surface area (Å²) in [5, 5.41) is 26.7. The van der Waals surface area contributed by atoms with Crippen molar-refractivity contribution in [1.29, 1.82) is 0 Å². The fourth-order valence-corrected chi connectivity index (χ4v) is 6.84. The average Bonchev–Trinajstić information content (AvgIpc) is 2.90. The summed E-state index contributed by atoms with van der Waals surface area (Å²) in [5.74, 6) is 0. The van der Waals surface area contributed by atoms with Crippen LogP contribution < -0.4 is 0 Å². The molecule has 184 valence electrons. The summed E-state index contributed by atoms with van der Waals surface area (Å²) < 4.78 is 43.3. The van der Waals surface area contributed by atoms with E-state index < -0.39 is 61.4 Å². The molecule has 1 rings (SSSR count). The van der Waals surface area contributed by atoms with Crippen LogP contribution in [0.15, 0.2) is 0 Å². The molecule has 32 heavy (non-hydrogen) atoms. The van der Waals surface area contributed by atoms with Crippen LogP contribution in [0.2, 0.25) is 0 Å². The first-order valence-corrected chi connectivity index (χ1v) is 14.2. The van der Waals surface area contributed by atoms with Gasteiger partial charge in [0.05, 0.1) is 29.1 Å². The number of hydrogen-bond donors (Lipinski definition) is 4. The summed E-state index contributed by atoms with van der Waals surface area (Å²) in [6.07, 6.45) is -3.65. The molecule has 0 saturated carbocycles. The zero-order chi connectivity index (χ0) is 25.3. The third kappa shape index (κ3) is 6.30. The molecule has 0 spiro atoms. The number of aliphatic hydroxyl groups excluding tert-OH is 2. The van der Waals surface area contributed by atoms with Gasteiger partial charge in [0, 0.05) is 12.4 Å². The van der Waals surface area contributed by atoms with Crippen LogP contribution in [0, 0.1) is 0 Å². The molecule has 9 atom stereocenters. The van der Waals surface area contributed by atoms with Crippen molar-refractivity contribution in [2.45, 2.75) is 121 Å². The van der Waals surface area contributed by atoms with E-state index in [1.165, 1.54) is 0 Å². The van der Waals surface area contributed by atoms with E-state index in [4.69, 9.17) is 29.2 Å². The highest BCUT2D eigenvalue weighted by Crippen LogP contribution is 2.65. The Morgan fingerprint density at radius 1 is 1.06 bits per heavy atom. The lowest BCUT2D eigenvalue weighted by Crippen LogP contribution is -2.45. The maximum Gasteiger partial charge on any atom is 0.359 e. The highest BCUT2D eigenvalue weighted by Gasteiger charge is 2.53. The zero-order valence-corrected chi connectivity index (χ0v) is 21.9. The quantitative estimate of drug-likeness (QED) is 0.238. The number of aliphatic hydroxyl groups is 3. The van der Waals surface area contributed by atoms with E-state index in [1.807, 2.05) is 0 Å². The first-order valence-electron chi connectivity index (χ1n) is 10.9. The Bertz CT molecular complexity index is 734. The minimum Gasteiger partial charge on any atom is -0.388 e. The van der Waals surface area contributed by atoms with Crippen LogP contribution >= 0.6 is 14.8 Å². The molecule has 0 amide bonds. The van der Waals surface area contributed by atoms with E-state index in [1.54, 1.807) is 34.6 Å². The minimum absolute atomic E-state index is 0.0518. The Morgan fingerprint density at radius 2 is 1.59 bits per heavy atom. The van der Waals surface area contributed by atoms with Crippen LogP contribution in [0.5, 0.6) is 0 Å². The lowest BCUT2D eigenvalue weighted by Gasteiger charge is -2.46. The van der Waals surface area contributed by atoms with Gasteiger partial charge < -0.3 is 38.6 Å². The summed E-state index contributed by atoms with van der Waals surface area (Å²) >= 11 is 0. The fraction of sp³-hybridized carbons (Fsp3) is 1.00. The normalized spacial score (nSPS) is 33.0. The maximum absolute atomic E-state index is 13.8. The van der Waals surface area contributed by atoms with E-state index in [-0.39, 0.29) is 19.3 Å². The van der Waals surface area contributed by atoms with Crippen LogP contribution in [0.3, 0.4) is 0 Å². The Balaban J connectivity index is 3.21. The zero-order valence-electron chi connectivity index (χ0n) is 20.1. The van der Waals surface area contributed by atoms with Gasteiger partial charge in [-0.15, -0.1) is 0 Å². The summed E-state index contributed by atoms with van der Waals surface area (Å²) in [6, 6.07) is -1.06. The SMILES string of the molecule is [B][C@@H]1O[C@H](CC(C)(CC)OP([B])(=O)C(C)(CC)C(CC)OP(=O)(O)C(C)(C)O)[C@@H](O)[C@H]1O. The summed E-state index contributed by atoms with van der Waals surface area (Å²) in [6.45, 7) is 10.7. The van der Waals surface area contributed by atoms with Crippen LogP contribution in [0.1, 0.15) is 74.1 Å². The Labute approximate surface area is 194 Å². The molecule has 4 radical (unpaired) electrons. The first-order chi connectivity index (χ1) is 14.3. The molecule has 0 aliphatic carbocycles. The van der Waals surface area contributed by atoms with Crippen LogP contribution in [0.4, 0.5) is 0 Å². The van der Waals surface area contributed by atoms with Gasteiger partial charge in [0.15, 0.2) is 12.6 Å². The molecule has 5 unspecified atom stereocenters. The third-order valence-corrected chi connectivity index (χ3v) is 11.3. The van der Waals surface area contributed by atoms with Crippen molar-refractivity contribution in [3.8, 4) is 0 Å². The minimum atomic E-state index is -4.50. The summed E-state index contributed by atoms with van der Waals surface area (Å²) in [5.41, 5.74) is -1.13. The Hall–Kier alpha value is 0.310. The number of rotatable bonds is 12. The second kappa shape index (κ2) is 10.5. The average molecular weight is 494 g/mol. The largest absolute Gasteiger partial charge is 0.388 e. The molecule has 1 fully saturated rings. The molecule has 0 aromatic rings. The molecule has 1 aliphatic rings. The van der Waals surface area contributed by atoms with Gasteiger partial charge >= 0.3 is 7.60 Å². The molecule has 0 bridgehead atoms. The predicted molar refractivity (Wildman–Crippen MR) is 124 cm³/mol. The standard InChI is InChI=1S/C19H38B2O9P2/c1-8-13(29-32(26,27)17(4,5)24)19(7,10-3)31(21,25)30-18(6,9-2)11-12-14(22)15(23)16(20)28-12/h12-16,22-24H,8-11H2,1-7H3,(H,26,27)/t12-,13?,14-,15-,16-,18?,19?,31?/m1/s1. The monoisotopic (exact) mass is 494 g/mol. The topological polar surface area (TPSA) is 143 Å². The highest BCUT2D eigenvalue weighted by atomic mass is 31.2. The van der Waals surface area contributed by atoms with Crippen molar-refractivity contribution < 1.29 is 43.1 Å². The molecule has 9 nitrogen and oxygen atoms in total. The van der Waals surface area contributed by atoms with E-state index in [2.05, 4.69) is 0 Å². The Kier molecular flexibility index (Phi) is 9.97. The van der Waals surface area contributed by atoms with Crippen LogP contribution in [-0.4, -0.2) is 82.1 Å². The molecule has 4 N–H and O–H groups in total. The molecule has 0 aromatic carbocycles. The molecule has 0 aromatic heterocycles. The molecule has 13 heteroatoms. The van der Waals surface area contributed by atoms with Gasteiger partial charge in [0.1, 0.15) is 14.0 Å². The van der Waals surface area contributed by atoms with Gasteiger partial charge in [-0.25, -0.2) is 0 Å². The van der Waals surface area contributed by atoms with E-state index in [0.717, 1.165) is 13.8 Å². The van der Waals surface area contributed by atoms with Gasteiger partial charge in [-0.05, 0) is 47.0 Å². The van der Waals surface area contributed by atoms with Crippen molar-refractivity contribution in [2.24, 2.45) is 0 Å². The van der Waals surface area contributed by atoms with Crippen molar-refractivity contribution in [1.82, 2.24) is 0 Å². The molecular formula is C19H38B2O9P2. The van der Waals surface area contributed by atoms with Crippen molar-refractivity contribution in [3.63, 3.8) is 0 Å². The number of hydrogen-bond acceptors (Lipinski definition) is 8. The van der Waals surface area contributed by atoms with E-state index in [9.17, 15) is 29.3 Å². The van der Waals surface area contributed by atoms with Crippen LogP contribution in [-0.2, 0) is 22.9 Å². The van der Waals surface area contributed by atoms with Gasteiger partial charge in [-0.1, -0.05) is 20.8 Å². The third-order valence-electron chi connectivity index (χ3n) is 6.59.